The van der Waals surface area contributed by atoms with Gasteiger partial charge in [0, 0.05) is 13.1 Å². The zero-order valence-corrected chi connectivity index (χ0v) is 11.7. The second-order valence-corrected chi connectivity index (χ2v) is 6.55. The minimum Gasteiger partial charge on any atom is -0.341 e. The molecule has 0 aliphatic carbocycles. The van der Waals surface area contributed by atoms with Gasteiger partial charge < -0.3 is 4.90 Å². The Hall–Kier alpha value is -1.40. The molecule has 0 unspecified atom stereocenters. The van der Waals surface area contributed by atoms with E-state index in [2.05, 4.69) is 4.72 Å². The molecule has 0 spiro atoms. The van der Waals surface area contributed by atoms with Gasteiger partial charge in [-0.15, -0.1) is 0 Å². The van der Waals surface area contributed by atoms with Gasteiger partial charge in [-0.3, -0.25) is 4.79 Å². The smallest absolute Gasteiger partial charge is 0.245 e. The summed E-state index contributed by atoms with van der Waals surface area (Å²) >= 11 is 0. The lowest BCUT2D eigenvalue weighted by atomic mass is 10.1. The molecule has 104 valence electrons. The predicted molar refractivity (Wildman–Crippen MR) is 73.0 cm³/mol. The van der Waals surface area contributed by atoms with Crippen LogP contribution in [0.1, 0.15) is 24.4 Å². The molecule has 2 rings (SSSR count). The van der Waals surface area contributed by atoms with Crippen molar-refractivity contribution in [1.29, 1.82) is 0 Å². The molecule has 1 aromatic carbocycles. The molecule has 1 heterocycles. The van der Waals surface area contributed by atoms with Crippen molar-refractivity contribution >= 4 is 15.9 Å². The normalized spacial score (nSPS) is 17.4. The Kier molecular flexibility index (Phi) is 4.21. The summed E-state index contributed by atoms with van der Waals surface area (Å²) < 4.78 is 25.3. The van der Waals surface area contributed by atoms with Crippen molar-refractivity contribution in [3.63, 3.8) is 0 Å². The van der Waals surface area contributed by atoms with Crippen LogP contribution in [0.2, 0.25) is 0 Å². The van der Waals surface area contributed by atoms with Crippen molar-refractivity contribution in [1.82, 2.24) is 9.62 Å². The first-order valence-corrected chi connectivity index (χ1v) is 8.17. The van der Waals surface area contributed by atoms with E-state index in [1.54, 1.807) is 29.2 Å². The monoisotopic (exact) mass is 282 g/mol. The summed E-state index contributed by atoms with van der Waals surface area (Å²) in [6.07, 6.45) is 3.03. The maximum absolute atomic E-state index is 12.4. The van der Waals surface area contributed by atoms with Gasteiger partial charge in [-0.2, -0.15) is 4.72 Å². The minimum atomic E-state index is -3.44. The lowest BCUT2D eigenvalue weighted by Crippen LogP contribution is -2.41. The summed E-state index contributed by atoms with van der Waals surface area (Å²) in [5, 5.41) is 0. The highest BCUT2D eigenvalue weighted by atomic mass is 32.2. The van der Waals surface area contributed by atoms with E-state index in [4.69, 9.17) is 0 Å². The minimum absolute atomic E-state index is 0.172. The SMILES string of the molecule is CS(=O)(=O)N[C@H](C(=O)N1CCCC1)c1ccccc1. The average molecular weight is 282 g/mol. The fraction of sp³-hybridized carbons (Fsp3) is 0.462. The van der Waals surface area contributed by atoms with E-state index in [-0.39, 0.29) is 5.91 Å². The largest absolute Gasteiger partial charge is 0.341 e. The third-order valence-corrected chi connectivity index (χ3v) is 3.79. The molecule has 6 heteroatoms. The van der Waals surface area contributed by atoms with Crippen LogP contribution in [-0.4, -0.2) is 38.6 Å². The molecule has 19 heavy (non-hydrogen) atoms. The topological polar surface area (TPSA) is 66.5 Å². The van der Waals surface area contributed by atoms with Crippen molar-refractivity contribution in [3.8, 4) is 0 Å². The maximum atomic E-state index is 12.4. The fourth-order valence-electron chi connectivity index (χ4n) is 2.24. The third kappa shape index (κ3) is 3.78. The molecule has 1 aliphatic heterocycles. The zero-order chi connectivity index (χ0) is 13.9. The van der Waals surface area contributed by atoms with E-state index in [0.29, 0.717) is 18.7 Å². The van der Waals surface area contributed by atoms with Crippen LogP contribution in [0.4, 0.5) is 0 Å². The van der Waals surface area contributed by atoms with Gasteiger partial charge in [-0.1, -0.05) is 30.3 Å². The molecule has 1 aliphatic rings. The zero-order valence-electron chi connectivity index (χ0n) is 10.9. The first kappa shape index (κ1) is 14.0. The van der Waals surface area contributed by atoms with Crippen LogP contribution in [0.15, 0.2) is 30.3 Å². The highest BCUT2D eigenvalue weighted by molar-refractivity contribution is 7.88. The van der Waals surface area contributed by atoms with Gasteiger partial charge >= 0.3 is 0 Å². The van der Waals surface area contributed by atoms with E-state index in [0.717, 1.165) is 19.1 Å². The Morgan fingerprint density at radius 3 is 2.32 bits per heavy atom. The van der Waals surface area contributed by atoms with Crippen LogP contribution in [-0.2, 0) is 14.8 Å². The number of hydrogen-bond acceptors (Lipinski definition) is 3. The third-order valence-electron chi connectivity index (χ3n) is 3.13. The van der Waals surface area contributed by atoms with Gasteiger partial charge in [0.05, 0.1) is 6.26 Å². The summed E-state index contributed by atoms with van der Waals surface area (Å²) in [6.45, 7) is 1.40. The van der Waals surface area contributed by atoms with Gasteiger partial charge in [-0.05, 0) is 18.4 Å². The molecule has 5 nitrogen and oxygen atoms in total. The second kappa shape index (κ2) is 5.71. The summed E-state index contributed by atoms with van der Waals surface area (Å²) in [5.74, 6) is -0.172. The standard InChI is InChI=1S/C13H18N2O3S/c1-19(17,18)14-12(11-7-3-2-4-8-11)13(16)15-9-5-6-10-15/h2-4,7-8,12,14H,5-6,9-10H2,1H3/t12-/m0/s1. The van der Waals surface area contributed by atoms with E-state index in [9.17, 15) is 13.2 Å². The number of nitrogens with one attached hydrogen (secondary N) is 1. The fourth-order valence-corrected chi connectivity index (χ4v) is 2.91. The van der Waals surface area contributed by atoms with Crippen molar-refractivity contribution in [2.75, 3.05) is 19.3 Å². The summed E-state index contributed by atoms with van der Waals surface area (Å²) in [4.78, 5) is 14.1. The number of benzene rings is 1. The first-order valence-electron chi connectivity index (χ1n) is 6.28. The Balaban J connectivity index is 2.26. The first-order chi connectivity index (χ1) is 8.97. The van der Waals surface area contributed by atoms with Crippen molar-refractivity contribution in [3.05, 3.63) is 35.9 Å². The van der Waals surface area contributed by atoms with Crippen LogP contribution >= 0.6 is 0 Å². The molecule has 0 bridgehead atoms. The molecule has 0 radical (unpaired) electrons. The van der Waals surface area contributed by atoms with E-state index < -0.39 is 16.1 Å². The van der Waals surface area contributed by atoms with Crippen molar-refractivity contribution in [2.24, 2.45) is 0 Å². The lowest BCUT2D eigenvalue weighted by Gasteiger charge is -2.23. The molecule has 0 saturated carbocycles. The Labute approximate surface area is 113 Å². The quantitative estimate of drug-likeness (QED) is 0.892. The molecule has 0 aromatic heterocycles. The molecule has 1 amide bonds. The van der Waals surface area contributed by atoms with Crippen molar-refractivity contribution in [2.45, 2.75) is 18.9 Å². The van der Waals surface area contributed by atoms with Crippen LogP contribution in [0.25, 0.3) is 0 Å². The number of carbonyl (C=O) groups is 1. The average Bonchev–Trinajstić information content (AvgIpc) is 2.89. The van der Waals surface area contributed by atoms with Crippen LogP contribution in [0, 0.1) is 0 Å². The number of nitrogens with zero attached hydrogens (tertiary/aromatic N) is 1. The number of carbonyl (C=O) groups excluding carboxylic acids is 1. The summed E-state index contributed by atoms with van der Waals surface area (Å²) in [6, 6.07) is 8.12. The van der Waals surface area contributed by atoms with Crippen LogP contribution < -0.4 is 4.72 Å². The number of sulfonamides is 1. The highest BCUT2D eigenvalue weighted by Gasteiger charge is 2.29. The predicted octanol–water partition coefficient (Wildman–Crippen LogP) is 0.899. The van der Waals surface area contributed by atoms with Gasteiger partial charge in [0.25, 0.3) is 0 Å². The molecular weight excluding hydrogens is 264 g/mol. The van der Waals surface area contributed by atoms with E-state index in [1.165, 1.54) is 0 Å². The highest BCUT2D eigenvalue weighted by Crippen LogP contribution is 2.19. The van der Waals surface area contributed by atoms with Gasteiger partial charge in [0.1, 0.15) is 6.04 Å². The van der Waals surface area contributed by atoms with Crippen LogP contribution in [0.3, 0.4) is 0 Å². The second-order valence-electron chi connectivity index (χ2n) is 4.77. The molecular formula is C13H18N2O3S. The molecule has 1 saturated heterocycles. The molecule has 1 fully saturated rings. The van der Waals surface area contributed by atoms with Gasteiger partial charge in [-0.25, -0.2) is 8.42 Å². The number of rotatable bonds is 4. The Morgan fingerprint density at radius 2 is 1.79 bits per heavy atom. The van der Waals surface area contributed by atoms with Gasteiger partial charge in [0.2, 0.25) is 15.9 Å². The van der Waals surface area contributed by atoms with Crippen molar-refractivity contribution < 1.29 is 13.2 Å². The summed E-state index contributed by atoms with van der Waals surface area (Å²) in [7, 11) is -3.44. The molecule has 1 aromatic rings. The van der Waals surface area contributed by atoms with Crippen LogP contribution in [0.5, 0.6) is 0 Å². The number of likely N-dealkylation sites (tertiary alicyclic amines) is 1. The number of amides is 1. The molecule has 1 atom stereocenters. The lowest BCUT2D eigenvalue weighted by molar-refractivity contribution is -0.132. The maximum Gasteiger partial charge on any atom is 0.245 e. The number of hydrogen-bond donors (Lipinski definition) is 1. The van der Waals surface area contributed by atoms with E-state index >= 15 is 0 Å². The Bertz CT molecular complexity index is 536. The molecule has 1 N–H and O–H groups in total. The van der Waals surface area contributed by atoms with Gasteiger partial charge in [0.15, 0.2) is 0 Å². The van der Waals surface area contributed by atoms with E-state index in [1.807, 2.05) is 6.07 Å². The Morgan fingerprint density at radius 1 is 1.21 bits per heavy atom. The summed E-state index contributed by atoms with van der Waals surface area (Å²) in [5.41, 5.74) is 0.671.